The van der Waals surface area contributed by atoms with E-state index in [1.54, 1.807) is 0 Å². The molecule has 1 unspecified atom stereocenters. The number of carbonyl (C=O) groups excluding carboxylic acids is 1. The van der Waals surface area contributed by atoms with Gasteiger partial charge in [0.2, 0.25) is 0 Å². The lowest BCUT2D eigenvalue weighted by Crippen LogP contribution is -2.45. The number of amides is 2. The van der Waals surface area contributed by atoms with Crippen LogP contribution in [0.15, 0.2) is 18.2 Å². The number of hydrogen-bond donors (Lipinski definition) is 3. The van der Waals surface area contributed by atoms with Crippen molar-refractivity contribution >= 4 is 6.03 Å². The highest BCUT2D eigenvalue weighted by Gasteiger charge is 2.22. The molecule has 1 atom stereocenters. The Labute approximate surface area is 142 Å². The molecule has 2 amide bonds. The number of ether oxygens (including phenoxy) is 2. The Hall–Kier alpha value is -1.95. The van der Waals surface area contributed by atoms with Gasteiger partial charge in [0.15, 0.2) is 11.5 Å². The number of fused-ring (bicyclic) bond motifs is 1. The maximum absolute atomic E-state index is 12.3. The molecule has 1 heterocycles. The molecule has 1 aliphatic carbocycles. The van der Waals surface area contributed by atoms with Crippen LogP contribution in [-0.4, -0.2) is 36.5 Å². The standard InChI is InChI=1S/C18H26N2O4/c1-2-15(12-3-8-16-17(11-12)24-10-9-23-16)20-18(22)19-13-4-6-14(21)7-5-13/h3,8,11,13-15,21H,2,4-7,9-10H2,1H3,(H2,19,20,22). The highest BCUT2D eigenvalue weighted by Crippen LogP contribution is 2.33. The van der Waals surface area contributed by atoms with Crippen LogP contribution in [0, 0.1) is 0 Å². The van der Waals surface area contributed by atoms with Crippen LogP contribution in [0.4, 0.5) is 4.79 Å². The molecule has 1 aromatic rings. The van der Waals surface area contributed by atoms with E-state index >= 15 is 0 Å². The van der Waals surface area contributed by atoms with Crippen molar-refractivity contribution in [3.8, 4) is 11.5 Å². The number of carbonyl (C=O) groups is 1. The monoisotopic (exact) mass is 334 g/mol. The van der Waals surface area contributed by atoms with Crippen LogP contribution in [-0.2, 0) is 0 Å². The fourth-order valence-electron chi connectivity index (χ4n) is 3.30. The second-order valence-electron chi connectivity index (χ2n) is 6.49. The highest BCUT2D eigenvalue weighted by atomic mass is 16.6. The summed E-state index contributed by atoms with van der Waals surface area (Å²) in [6.45, 7) is 3.16. The van der Waals surface area contributed by atoms with E-state index in [0.717, 1.165) is 49.2 Å². The summed E-state index contributed by atoms with van der Waals surface area (Å²) >= 11 is 0. The number of hydrogen-bond acceptors (Lipinski definition) is 4. The number of rotatable bonds is 4. The Bertz CT molecular complexity index is 570. The molecular formula is C18H26N2O4. The molecule has 132 valence electrons. The van der Waals surface area contributed by atoms with Crippen LogP contribution in [0.2, 0.25) is 0 Å². The molecule has 1 fully saturated rings. The minimum atomic E-state index is -0.216. The quantitative estimate of drug-likeness (QED) is 0.790. The van der Waals surface area contributed by atoms with Crippen molar-refractivity contribution in [1.29, 1.82) is 0 Å². The molecule has 6 nitrogen and oxygen atoms in total. The van der Waals surface area contributed by atoms with Gasteiger partial charge in [-0.1, -0.05) is 13.0 Å². The van der Waals surface area contributed by atoms with Crippen molar-refractivity contribution in [2.24, 2.45) is 0 Å². The predicted octanol–water partition coefficient (Wildman–Crippen LogP) is 2.51. The molecule has 0 spiro atoms. The predicted molar refractivity (Wildman–Crippen MR) is 90.4 cm³/mol. The molecule has 3 N–H and O–H groups in total. The summed E-state index contributed by atoms with van der Waals surface area (Å²) in [4.78, 5) is 12.3. The molecule has 1 aromatic carbocycles. The largest absolute Gasteiger partial charge is 0.486 e. The number of nitrogens with one attached hydrogen (secondary N) is 2. The third kappa shape index (κ3) is 4.12. The van der Waals surface area contributed by atoms with Gasteiger partial charge in [-0.2, -0.15) is 0 Å². The summed E-state index contributed by atoms with van der Waals surface area (Å²) in [6, 6.07) is 5.73. The van der Waals surface area contributed by atoms with Gasteiger partial charge in [0.1, 0.15) is 13.2 Å². The van der Waals surface area contributed by atoms with E-state index in [-0.39, 0.29) is 24.2 Å². The Morgan fingerprint density at radius 1 is 1.21 bits per heavy atom. The summed E-state index contributed by atoms with van der Waals surface area (Å²) in [5.41, 5.74) is 1.01. The summed E-state index contributed by atoms with van der Waals surface area (Å²) in [6.07, 6.45) is 3.74. The van der Waals surface area contributed by atoms with Crippen molar-refractivity contribution in [3.63, 3.8) is 0 Å². The number of aliphatic hydroxyl groups excluding tert-OH is 1. The van der Waals surface area contributed by atoms with Crippen LogP contribution >= 0.6 is 0 Å². The molecular weight excluding hydrogens is 308 g/mol. The van der Waals surface area contributed by atoms with Gasteiger partial charge in [-0.15, -0.1) is 0 Å². The van der Waals surface area contributed by atoms with Crippen LogP contribution in [0.3, 0.4) is 0 Å². The minimum absolute atomic E-state index is 0.0741. The lowest BCUT2D eigenvalue weighted by atomic mass is 9.93. The number of benzene rings is 1. The van der Waals surface area contributed by atoms with Crippen molar-refractivity contribution in [1.82, 2.24) is 10.6 Å². The molecule has 1 aliphatic heterocycles. The first-order valence-electron chi connectivity index (χ1n) is 8.80. The van der Waals surface area contributed by atoms with Gasteiger partial charge < -0.3 is 25.2 Å². The first-order valence-corrected chi connectivity index (χ1v) is 8.80. The maximum atomic E-state index is 12.3. The van der Waals surface area contributed by atoms with Gasteiger partial charge in [0.25, 0.3) is 0 Å². The SMILES string of the molecule is CCC(NC(=O)NC1CCC(O)CC1)c1ccc2c(c1)OCCO2. The van der Waals surface area contributed by atoms with Crippen molar-refractivity contribution < 1.29 is 19.4 Å². The average molecular weight is 334 g/mol. The first kappa shape index (κ1) is 16.9. The van der Waals surface area contributed by atoms with Crippen LogP contribution in [0.25, 0.3) is 0 Å². The molecule has 0 saturated heterocycles. The van der Waals surface area contributed by atoms with Gasteiger partial charge in [-0.05, 0) is 49.8 Å². The van der Waals surface area contributed by atoms with Crippen molar-refractivity contribution in [3.05, 3.63) is 23.8 Å². The average Bonchev–Trinajstić information content (AvgIpc) is 2.61. The summed E-state index contributed by atoms with van der Waals surface area (Å²) in [7, 11) is 0. The summed E-state index contributed by atoms with van der Waals surface area (Å²) in [5, 5.41) is 15.6. The maximum Gasteiger partial charge on any atom is 0.315 e. The molecule has 0 aromatic heterocycles. The van der Waals surface area contributed by atoms with Gasteiger partial charge in [0, 0.05) is 6.04 Å². The van der Waals surface area contributed by atoms with Gasteiger partial charge in [-0.3, -0.25) is 0 Å². The van der Waals surface area contributed by atoms with E-state index in [4.69, 9.17) is 9.47 Å². The van der Waals surface area contributed by atoms with E-state index in [2.05, 4.69) is 10.6 Å². The van der Waals surface area contributed by atoms with Crippen LogP contribution in [0.1, 0.15) is 50.6 Å². The fraction of sp³-hybridized carbons (Fsp3) is 0.611. The van der Waals surface area contributed by atoms with Crippen LogP contribution < -0.4 is 20.1 Å². The Morgan fingerprint density at radius 2 is 1.92 bits per heavy atom. The molecule has 24 heavy (non-hydrogen) atoms. The van der Waals surface area contributed by atoms with E-state index in [1.165, 1.54) is 0 Å². The summed E-state index contributed by atoms with van der Waals surface area (Å²) < 4.78 is 11.2. The van der Waals surface area contributed by atoms with Crippen molar-refractivity contribution in [2.45, 2.75) is 57.2 Å². The fourth-order valence-corrected chi connectivity index (χ4v) is 3.30. The molecule has 3 rings (SSSR count). The lowest BCUT2D eigenvalue weighted by Gasteiger charge is -2.27. The van der Waals surface area contributed by atoms with Gasteiger partial charge in [0.05, 0.1) is 12.1 Å². The van der Waals surface area contributed by atoms with Crippen molar-refractivity contribution in [2.75, 3.05) is 13.2 Å². The van der Waals surface area contributed by atoms with Gasteiger partial charge >= 0.3 is 6.03 Å². The number of aliphatic hydroxyl groups is 1. The lowest BCUT2D eigenvalue weighted by molar-refractivity contribution is 0.117. The van der Waals surface area contributed by atoms with Gasteiger partial charge in [-0.25, -0.2) is 4.79 Å². The van der Waals surface area contributed by atoms with E-state index in [0.29, 0.717) is 13.2 Å². The second-order valence-corrected chi connectivity index (χ2v) is 6.49. The first-order chi connectivity index (χ1) is 11.7. The summed E-state index contributed by atoms with van der Waals surface area (Å²) in [5.74, 6) is 1.49. The van der Waals surface area contributed by atoms with E-state index < -0.39 is 0 Å². The van der Waals surface area contributed by atoms with Crippen LogP contribution in [0.5, 0.6) is 11.5 Å². The zero-order valence-corrected chi connectivity index (χ0v) is 14.1. The minimum Gasteiger partial charge on any atom is -0.486 e. The molecule has 0 radical (unpaired) electrons. The van der Waals surface area contributed by atoms with E-state index in [1.807, 2.05) is 25.1 Å². The molecule has 2 aliphatic rings. The zero-order valence-electron chi connectivity index (χ0n) is 14.1. The smallest absolute Gasteiger partial charge is 0.315 e. The Morgan fingerprint density at radius 3 is 2.62 bits per heavy atom. The third-order valence-corrected chi connectivity index (χ3v) is 4.71. The second kappa shape index (κ2) is 7.75. The van der Waals surface area contributed by atoms with E-state index in [9.17, 15) is 9.90 Å². The molecule has 6 heteroatoms. The normalized spacial score (nSPS) is 24.1. The zero-order chi connectivity index (χ0) is 16.9. The third-order valence-electron chi connectivity index (χ3n) is 4.71. The highest BCUT2D eigenvalue weighted by molar-refractivity contribution is 5.74. The molecule has 0 bridgehead atoms. The Balaban J connectivity index is 1.58. The molecule has 1 saturated carbocycles. The topological polar surface area (TPSA) is 79.8 Å². The Kier molecular flexibility index (Phi) is 5.45. The number of urea groups is 1.